The Morgan fingerprint density at radius 3 is 2.55 bits per heavy atom. The number of amides is 1. The maximum Gasteiger partial charge on any atom is 0.296 e. The van der Waals surface area contributed by atoms with E-state index in [0.717, 1.165) is 41.5 Å². The van der Waals surface area contributed by atoms with Gasteiger partial charge in [-0.3, -0.25) is 14.5 Å². The molecule has 0 bridgehead atoms. The summed E-state index contributed by atoms with van der Waals surface area (Å²) in [5.41, 5.74) is 3.51. The number of benzene rings is 2. The number of carbonyl (C=O) groups is 2. The third-order valence-corrected chi connectivity index (χ3v) is 8.21. The number of hydrogen-bond acceptors (Lipinski definition) is 5. The van der Waals surface area contributed by atoms with Crippen molar-refractivity contribution in [1.82, 2.24) is 4.98 Å². The smallest absolute Gasteiger partial charge is 0.296 e. The van der Waals surface area contributed by atoms with Gasteiger partial charge in [0.15, 0.2) is 16.7 Å². The van der Waals surface area contributed by atoms with Crippen LogP contribution in [0.4, 0.5) is 5.13 Å². The Labute approximate surface area is 197 Å². The molecule has 2 aliphatic heterocycles. The number of carbonyl (C=O) groups excluding carboxylic acids is 2. The minimum Gasteiger partial charge on any atom is -0.483 e. The molecule has 1 aliphatic carbocycles. The van der Waals surface area contributed by atoms with E-state index >= 15 is 0 Å². The molecule has 33 heavy (non-hydrogen) atoms. The summed E-state index contributed by atoms with van der Waals surface area (Å²) in [5.74, 6) is 0.315. The molecule has 0 spiro atoms. The molecule has 3 aromatic rings. The van der Waals surface area contributed by atoms with Gasteiger partial charge in [0.2, 0.25) is 0 Å². The number of nitrogens with zero attached hydrogens (tertiary/aromatic N) is 2. The van der Waals surface area contributed by atoms with E-state index in [2.05, 4.69) is 26.0 Å². The van der Waals surface area contributed by atoms with Gasteiger partial charge < -0.3 is 4.74 Å². The number of fused-ring (bicyclic) bond motifs is 2. The zero-order chi connectivity index (χ0) is 22.7. The third kappa shape index (κ3) is 3.22. The second kappa shape index (κ2) is 7.80. The molecule has 3 atom stereocenters. The molecular weight excluding hydrogens is 432 g/mol. The molecule has 3 heterocycles. The van der Waals surface area contributed by atoms with Crippen LogP contribution in [0.2, 0.25) is 0 Å². The monoisotopic (exact) mass is 458 g/mol. The highest BCUT2D eigenvalue weighted by Crippen LogP contribution is 2.49. The van der Waals surface area contributed by atoms with Gasteiger partial charge in [0, 0.05) is 0 Å². The summed E-state index contributed by atoms with van der Waals surface area (Å²) in [6.45, 7) is 4.31. The van der Waals surface area contributed by atoms with E-state index < -0.39 is 6.04 Å². The Hall–Kier alpha value is -2.99. The molecule has 0 radical (unpaired) electrons. The number of aromatic nitrogens is 1. The van der Waals surface area contributed by atoms with Crippen LogP contribution < -0.4 is 4.90 Å². The standard InChI is InChI=1S/C27H26N2O3S/c1-15(2)16-11-13-17(14-12-16)23-22-24(30)18-7-3-5-9-20(18)32-25(22)26(31)29(23)27-28-19-8-4-6-10-21(19)33-27/h4,6,8,10-15,18,20,23H,3,5,7,9H2,1-2H3. The van der Waals surface area contributed by atoms with Crippen LogP contribution >= 0.6 is 11.3 Å². The van der Waals surface area contributed by atoms with Crippen LogP contribution in [0.15, 0.2) is 59.9 Å². The van der Waals surface area contributed by atoms with Crippen LogP contribution in [0.25, 0.3) is 10.2 Å². The summed E-state index contributed by atoms with van der Waals surface area (Å²) < 4.78 is 7.29. The fraction of sp³-hybridized carbons (Fsp3) is 0.370. The zero-order valence-electron chi connectivity index (χ0n) is 18.8. The van der Waals surface area contributed by atoms with E-state index in [-0.39, 0.29) is 29.5 Å². The molecule has 1 aromatic heterocycles. The lowest BCUT2D eigenvalue weighted by atomic mass is 9.77. The number of Topliss-reactive ketones (excluding diaryl/α,β-unsaturated/α-hetero) is 1. The number of para-hydroxylation sites is 1. The van der Waals surface area contributed by atoms with Crippen molar-refractivity contribution in [3.05, 3.63) is 71.0 Å². The molecule has 3 aliphatic rings. The average molecular weight is 459 g/mol. The van der Waals surface area contributed by atoms with Gasteiger partial charge in [0.05, 0.1) is 27.7 Å². The van der Waals surface area contributed by atoms with Crippen LogP contribution in [0.3, 0.4) is 0 Å². The average Bonchev–Trinajstić information content (AvgIpc) is 3.38. The van der Waals surface area contributed by atoms with Crippen molar-refractivity contribution < 1.29 is 14.3 Å². The Kier molecular flexibility index (Phi) is 4.87. The molecule has 168 valence electrons. The largest absolute Gasteiger partial charge is 0.483 e. The first kappa shape index (κ1) is 20.6. The Morgan fingerprint density at radius 1 is 1.03 bits per heavy atom. The lowest BCUT2D eigenvalue weighted by Gasteiger charge is -2.35. The van der Waals surface area contributed by atoms with Crippen molar-refractivity contribution in [3.8, 4) is 0 Å². The lowest BCUT2D eigenvalue weighted by Crippen LogP contribution is -2.39. The van der Waals surface area contributed by atoms with Crippen LogP contribution in [-0.2, 0) is 14.3 Å². The van der Waals surface area contributed by atoms with Gasteiger partial charge in [0.1, 0.15) is 6.10 Å². The quantitative estimate of drug-likeness (QED) is 0.489. The second-order valence-electron chi connectivity index (χ2n) is 9.52. The van der Waals surface area contributed by atoms with Gasteiger partial charge in [-0.25, -0.2) is 4.98 Å². The van der Waals surface area contributed by atoms with E-state index in [1.807, 2.05) is 36.4 Å². The van der Waals surface area contributed by atoms with Crippen molar-refractivity contribution in [3.63, 3.8) is 0 Å². The van der Waals surface area contributed by atoms with Crippen LogP contribution in [-0.4, -0.2) is 22.8 Å². The molecule has 3 unspecified atom stereocenters. The number of ether oxygens (including phenoxy) is 1. The summed E-state index contributed by atoms with van der Waals surface area (Å²) in [6, 6.07) is 15.6. The molecule has 1 saturated carbocycles. The first-order valence-electron chi connectivity index (χ1n) is 11.8. The molecule has 1 fully saturated rings. The van der Waals surface area contributed by atoms with Gasteiger partial charge in [-0.1, -0.05) is 68.0 Å². The van der Waals surface area contributed by atoms with Crippen molar-refractivity contribution in [2.75, 3.05) is 4.90 Å². The molecule has 6 heteroatoms. The Bertz CT molecular complexity index is 1260. The highest BCUT2D eigenvalue weighted by atomic mass is 32.1. The summed E-state index contributed by atoms with van der Waals surface area (Å²) in [5, 5.41) is 0.605. The number of anilines is 1. The third-order valence-electron chi connectivity index (χ3n) is 7.17. The van der Waals surface area contributed by atoms with Crippen molar-refractivity contribution in [2.45, 2.75) is 57.6 Å². The van der Waals surface area contributed by atoms with Crippen molar-refractivity contribution >= 4 is 38.4 Å². The number of rotatable bonds is 3. The summed E-state index contributed by atoms with van der Waals surface area (Å²) in [4.78, 5) is 34.0. The first-order valence-corrected chi connectivity index (χ1v) is 12.6. The van der Waals surface area contributed by atoms with Gasteiger partial charge in [0.25, 0.3) is 5.91 Å². The molecule has 0 saturated heterocycles. The van der Waals surface area contributed by atoms with Gasteiger partial charge in [-0.15, -0.1) is 0 Å². The molecule has 5 nitrogen and oxygen atoms in total. The molecule has 2 aromatic carbocycles. The van der Waals surface area contributed by atoms with Gasteiger partial charge in [-0.05, 0) is 48.4 Å². The number of thiazole rings is 1. The summed E-state index contributed by atoms with van der Waals surface area (Å²) >= 11 is 1.48. The highest BCUT2D eigenvalue weighted by molar-refractivity contribution is 7.22. The normalized spacial score (nSPS) is 24.9. The minimum absolute atomic E-state index is 0.0795. The van der Waals surface area contributed by atoms with E-state index in [0.29, 0.717) is 16.6 Å². The molecule has 0 N–H and O–H groups in total. The fourth-order valence-electron chi connectivity index (χ4n) is 5.38. The van der Waals surface area contributed by atoms with Crippen molar-refractivity contribution in [1.29, 1.82) is 0 Å². The zero-order valence-corrected chi connectivity index (χ0v) is 19.6. The predicted molar refractivity (Wildman–Crippen MR) is 129 cm³/mol. The second-order valence-corrected chi connectivity index (χ2v) is 10.5. The fourth-order valence-corrected chi connectivity index (χ4v) is 6.38. The van der Waals surface area contributed by atoms with Crippen LogP contribution in [0.1, 0.15) is 62.6 Å². The maximum absolute atomic E-state index is 13.8. The minimum atomic E-state index is -0.510. The Morgan fingerprint density at radius 2 is 1.79 bits per heavy atom. The number of ketones is 1. The molecular formula is C27H26N2O3S. The predicted octanol–water partition coefficient (Wildman–Crippen LogP) is 5.92. The van der Waals surface area contributed by atoms with Gasteiger partial charge in [-0.2, -0.15) is 0 Å². The Balaban J connectivity index is 1.50. The summed E-state index contributed by atoms with van der Waals surface area (Å²) in [6.07, 6.45) is 3.53. The van der Waals surface area contributed by atoms with E-state index in [1.54, 1.807) is 4.90 Å². The highest BCUT2D eigenvalue weighted by Gasteiger charge is 2.53. The first-order chi connectivity index (χ1) is 16.0. The maximum atomic E-state index is 13.8. The van der Waals surface area contributed by atoms with E-state index in [1.165, 1.54) is 16.9 Å². The van der Waals surface area contributed by atoms with Gasteiger partial charge >= 0.3 is 0 Å². The molecule has 6 rings (SSSR count). The van der Waals surface area contributed by atoms with Crippen LogP contribution in [0, 0.1) is 5.92 Å². The van der Waals surface area contributed by atoms with Crippen molar-refractivity contribution in [2.24, 2.45) is 5.92 Å². The van der Waals surface area contributed by atoms with Crippen LogP contribution in [0.5, 0.6) is 0 Å². The van der Waals surface area contributed by atoms with E-state index in [9.17, 15) is 9.59 Å². The summed E-state index contributed by atoms with van der Waals surface area (Å²) in [7, 11) is 0. The topological polar surface area (TPSA) is 59.5 Å². The molecule has 1 amide bonds. The number of hydrogen-bond donors (Lipinski definition) is 0. The lowest BCUT2D eigenvalue weighted by molar-refractivity contribution is -0.131. The van der Waals surface area contributed by atoms with E-state index in [4.69, 9.17) is 9.72 Å². The SMILES string of the molecule is CC(C)c1ccc(C2C3=C(OC4CCCCC4C3=O)C(=O)N2c2nc3ccccc3s2)cc1.